The van der Waals surface area contributed by atoms with Crippen LogP contribution in [-0.2, 0) is 0 Å². The van der Waals surface area contributed by atoms with Crippen molar-refractivity contribution in [2.75, 3.05) is 0 Å². The van der Waals surface area contributed by atoms with E-state index in [1.165, 1.54) is 5.39 Å². The van der Waals surface area contributed by atoms with Gasteiger partial charge < -0.3 is 4.42 Å². The molecule has 9 rings (SSSR count). The maximum Gasteiger partial charge on any atom is 0.143 e. The Kier molecular flexibility index (Phi) is 3.61. The average Bonchev–Trinajstić information content (AvgIpc) is 3.50. The van der Waals surface area contributed by atoms with Crippen LogP contribution in [0.15, 0.2) is 150 Å². The summed E-state index contributed by atoms with van der Waals surface area (Å²) in [4.78, 5) is 0. The fourth-order valence-corrected chi connectivity index (χ4v) is 6.51. The summed E-state index contributed by atoms with van der Waals surface area (Å²) in [5, 5.41) is 7.65. The lowest BCUT2D eigenvalue weighted by molar-refractivity contribution is 0.673. The molecule has 0 fully saturated rings. The molecule has 0 aliphatic heterocycles. The lowest BCUT2D eigenvalue weighted by Crippen LogP contribution is -1.92. The molecule has 9 aromatic rings. The maximum absolute atomic E-state index is 9.17. The summed E-state index contributed by atoms with van der Waals surface area (Å²) in [6.07, 6.45) is 0. The quantitative estimate of drug-likeness (QED) is 0.204. The van der Waals surface area contributed by atoms with Gasteiger partial charge in [-0.1, -0.05) is 133 Å². The zero-order valence-corrected chi connectivity index (χ0v) is 21.8. The van der Waals surface area contributed by atoms with Crippen molar-refractivity contribution >= 4 is 65.0 Å². The van der Waals surface area contributed by atoms with E-state index < -0.39 is 12.1 Å². The van der Waals surface area contributed by atoms with E-state index in [-0.39, 0.29) is 40.5 Å². The topological polar surface area (TPSA) is 13.1 Å². The molecule has 1 aromatic heterocycles. The Bertz CT molecular complexity index is 2750. The van der Waals surface area contributed by atoms with Gasteiger partial charge in [0.2, 0.25) is 0 Å². The number of furan rings is 1. The SMILES string of the molecule is [2H]c1c([2H])c([2H])c2c(c1[2H])c([2H])c([2H])c1c2oc2cccc(-c3c4ccccc4c(-c4cccc5ccccc45)c4ccccc34)c21. The first-order valence-electron chi connectivity index (χ1n) is 16.6. The molecule has 0 N–H and O–H groups in total. The van der Waals surface area contributed by atoms with Crippen molar-refractivity contribution in [3.05, 3.63) is 145 Å². The van der Waals surface area contributed by atoms with E-state index in [4.69, 9.17) is 12.6 Å². The van der Waals surface area contributed by atoms with Crippen LogP contribution in [0.1, 0.15) is 8.22 Å². The summed E-state index contributed by atoms with van der Waals surface area (Å²) in [5.41, 5.74) is 4.74. The molecule has 0 spiro atoms. The molecule has 1 heterocycles. The first-order valence-corrected chi connectivity index (χ1v) is 13.6. The molecule has 0 aliphatic carbocycles. The van der Waals surface area contributed by atoms with Gasteiger partial charge in [0.1, 0.15) is 11.2 Å². The maximum atomic E-state index is 9.17. The normalized spacial score (nSPS) is 14.0. The van der Waals surface area contributed by atoms with Crippen molar-refractivity contribution in [3.8, 4) is 22.3 Å². The van der Waals surface area contributed by atoms with Gasteiger partial charge >= 0.3 is 0 Å². The van der Waals surface area contributed by atoms with Gasteiger partial charge in [0.15, 0.2) is 0 Å². The molecule has 1 nitrogen and oxygen atoms in total. The van der Waals surface area contributed by atoms with E-state index in [2.05, 4.69) is 78.9 Å². The molecule has 0 aliphatic rings. The van der Waals surface area contributed by atoms with Crippen LogP contribution in [0.2, 0.25) is 0 Å². The number of benzene rings is 8. The zero-order valence-electron chi connectivity index (χ0n) is 27.8. The van der Waals surface area contributed by atoms with Gasteiger partial charge in [0.05, 0.1) is 8.22 Å². The Balaban J connectivity index is 1.48. The molecule has 0 saturated carbocycles. The van der Waals surface area contributed by atoms with Gasteiger partial charge in [-0.3, -0.25) is 0 Å². The summed E-state index contributed by atoms with van der Waals surface area (Å²) < 4.78 is 58.4. The molecule has 0 radical (unpaired) electrons. The highest BCUT2D eigenvalue weighted by Gasteiger charge is 2.21. The highest BCUT2D eigenvalue weighted by Crippen LogP contribution is 2.48. The van der Waals surface area contributed by atoms with Crippen LogP contribution in [-0.4, -0.2) is 0 Å². The smallest absolute Gasteiger partial charge is 0.143 e. The third-order valence-electron chi connectivity index (χ3n) is 8.20. The molecule has 0 bridgehead atoms. The van der Waals surface area contributed by atoms with Crippen LogP contribution in [0.5, 0.6) is 0 Å². The number of fused-ring (bicyclic) bond motifs is 8. The van der Waals surface area contributed by atoms with Gasteiger partial charge in [-0.2, -0.15) is 0 Å². The van der Waals surface area contributed by atoms with Gasteiger partial charge in [0.25, 0.3) is 0 Å². The standard InChI is InChI=1S/C40H24O/c1-3-14-27-25(11-1)13-9-20-29(27)37-30-16-5-7-18-32(30)38(33-19-8-6-17-31(33)37)34-21-10-22-36-39(34)35-24-23-26-12-2-4-15-28(26)40(35)41-36/h1-24H/i2D,4D,12D,15D,23D,24D. The molecule has 0 amide bonds. The Hall–Kier alpha value is -5.40. The molecule has 0 atom stereocenters. The number of hydrogen-bond donors (Lipinski definition) is 0. The predicted octanol–water partition coefficient (Wildman–Crippen LogP) is 11.5. The van der Waals surface area contributed by atoms with Crippen LogP contribution in [0.4, 0.5) is 0 Å². The van der Waals surface area contributed by atoms with Crippen molar-refractivity contribution in [1.29, 1.82) is 0 Å². The van der Waals surface area contributed by atoms with Gasteiger partial charge in [-0.15, -0.1) is 0 Å². The van der Waals surface area contributed by atoms with Crippen molar-refractivity contribution in [1.82, 2.24) is 0 Å². The zero-order chi connectivity index (χ0) is 32.1. The fraction of sp³-hybridized carbons (Fsp3) is 0. The molecular formula is C40H24O. The van der Waals surface area contributed by atoms with E-state index in [0.717, 1.165) is 49.2 Å². The average molecular weight is 527 g/mol. The molecule has 190 valence electrons. The Morgan fingerprint density at radius 1 is 0.415 bits per heavy atom. The highest BCUT2D eigenvalue weighted by molar-refractivity contribution is 6.28. The van der Waals surface area contributed by atoms with Crippen LogP contribution in [0, 0.1) is 0 Å². The van der Waals surface area contributed by atoms with Crippen LogP contribution < -0.4 is 0 Å². The summed E-state index contributed by atoms with van der Waals surface area (Å²) >= 11 is 0. The minimum Gasteiger partial charge on any atom is -0.455 e. The van der Waals surface area contributed by atoms with E-state index in [1.54, 1.807) is 0 Å². The van der Waals surface area contributed by atoms with E-state index in [9.17, 15) is 0 Å². The summed E-state index contributed by atoms with van der Waals surface area (Å²) in [7, 11) is 0. The van der Waals surface area contributed by atoms with Crippen molar-refractivity contribution in [3.63, 3.8) is 0 Å². The predicted molar refractivity (Wildman–Crippen MR) is 175 cm³/mol. The Morgan fingerprint density at radius 2 is 1.00 bits per heavy atom. The van der Waals surface area contributed by atoms with E-state index in [1.807, 2.05) is 30.3 Å². The largest absolute Gasteiger partial charge is 0.455 e. The second kappa shape index (κ2) is 8.55. The molecule has 0 saturated heterocycles. The first kappa shape index (κ1) is 17.3. The second-order valence-electron chi connectivity index (χ2n) is 10.4. The van der Waals surface area contributed by atoms with Gasteiger partial charge in [-0.05, 0) is 72.1 Å². The van der Waals surface area contributed by atoms with E-state index in [0.29, 0.717) is 16.4 Å². The number of rotatable bonds is 2. The monoisotopic (exact) mass is 526 g/mol. The van der Waals surface area contributed by atoms with Gasteiger partial charge in [-0.25, -0.2) is 0 Å². The van der Waals surface area contributed by atoms with Crippen molar-refractivity contribution in [2.45, 2.75) is 0 Å². The lowest BCUT2D eigenvalue weighted by atomic mass is 9.84. The first-order chi connectivity index (χ1) is 22.9. The van der Waals surface area contributed by atoms with Crippen molar-refractivity contribution in [2.24, 2.45) is 0 Å². The van der Waals surface area contributed by atoms with Gasteiger partial charge in [0, 0.05) is 16.2 Å². The Labute approximate surface area is 245 Å². The fourth-order valence-electron chi connectivity index (χ4n) is 6.51. The minimum atomic E-state index is -0.434. The summed E-state index contributed by atoms with van der Waals surface area (Å²) in [6, 6.07) is 35.4. The molecule has 41 heavy (non-hydrogen) atoms. The van der Waals surface area contributed by atoms with Crippen LogP contribution >= 0.6 is 0 Å². The second-order valence-corrected chi connectivity index (χ2v) is 10.4. The highest BCUT2D eigenvalue weighted by atomic mass is 16.3. The minimum absolute atomic E-state index is 0.00977. The summed E-state index contributed by atoms with van der Waals surface area (Å²) in [5.74, 6) is 0. The van der Waals surface area contributed by atoms with Crippen LogP contribution in [0.3, 0.4) is 0 Å². The Morgan fingerprint density at radius 3 is 1.76 bits per heavy atom. The third-order valence-corrected chi connectivity index (χ3v) is 8.20. The molecular weight excluding hydrogens is 496 g/mol. The molecule has 1 heteroatoms. The number of hydrogen-bond acceptors (Lipinski definition) is 1. The summed E-state index contributed by atoms with van der Waals surface area (Å²) in [6.45, 7) is 0. The molecule has 8 aromatic carbocycles. The van der Waals surface area contributed by atoms with Crippen LogP contribution in [0.25, 0.3) is 87.3 Å². The molecule has 0 unspecified atom stereocenters. The third kappa shape index (κ3) is 3.18. The van der Waals surface area contributed by atoms with E-state index >= 15 is 0 Å². The van der Waals surface area contributed by atoms with Crippen molar-refractivity contribution < 1.29 is 12.6 Å². The lowest BCUT2D eigenvalue weighted by Gasteiger charge is -2.19.